The minimum absolute atomic E-state index is 0.280. The highest BCUT2D eigenvalue weighted by atomic mass is 16.4. The molecule has 1 fully saturated rings. The summed E-state index contributed by atoms with van der Waals surface area (Å²) >= 11 is 0. The van der Waals surface area contributed by atoms with Gasteiger partial charge in [0.05, 0.1) is 33.6 Å². The second kappa shape index (κ2) is 3.24. The summed E-state index contributed by atoms with van der Waals surface area (Å²) in [6, 6.07) is 0. The quantitative estimate of drug-likeness (QED) is 0.555. The number of hydrogen-bond acceptors (Lipinski definition) is 3. The second-order valence-electron chi connectivity index (χ2n) is 4.85. The van der Waals surface area contributed by atoms with E-state index in [4.69, 9.17) is 5.11 Å². The molecule has 0 saturated heterocycles. The van der Waals surface area contributed by atoms with E-state index >= 15 is 0 Å². The Morgan fingerprint density at radius 3 is 2.00 bits per heavy atom. The smallest absolute Gasteiger partial charge is 0.307 e. The van der Waals surface area contributed by atoms with Gasteiger partial charge in [-0.25, -0.2) is 0 Å². The average Bonchev–Trinajstić information content (AvgIpc) is 2.57. The van der Waals surface area contributed by atoms with Crippen LogP contribution in [0.25, 0.3) is 0 Å². The predicted octanol–water partition coefficient (Wildman–Crippen LogP) is -1.61. The molecule has 0 amide bonds. The second-order valence-corrected chi connectivity index (χ2v) is 4.85. The molecular formula is C9H15NO4. The molecule has 14 heavy (non-hydrogen) atoms. The Balaban J connectivity index is 2.64. The monoisotopic (exact) mass is 201 g/mol. The maximum atomic E-state index is 10.7. The van der Waals surface area contributed by atoms with E-state index in [0.717, 1.165) is 0 Å². The summed E-state index contributed by atoms with van der Waals surface area (Å²) in [6.07, 6.45) is 0. The third-order valence-corrected chi connectivity index (χ3v) is 2.48. The fourth-order valence-electron chi connectivity index (χ4n) is 1.89. The highest BCUT2D eigenvalue weighted by Gasteiger charge is 2.58. The molecule has 0 heterocycles. The van der Waals surface area contributed by atoms with Gasteiger partial charge in [0, 0.05) is 17.8 Å². The lowest BCUT2D eigenvalue weighted by molar-refractivity contribution is -0.872. The van der Waals surface area contributed by atoms with Crippen LogP contribution in [0.5, 0.6) is 0 Å². The number of carboxylic acid groups (broad SMARTS) is 2. The molecule has 1 unspecified atom stereocenters. The first-order valence-electron chi connectivity index (χ1n) is 4.48. The number of carbonyl (C=O) groups is 2. The number of rotatable bonds is 4. The Hall–Kier alpha value is -1.10. The minimum Gasteiger partial charge on any atom is -0.550 e. The molecule has 0 bridgehead atoms. The van der Waals surface area contributed by atoms with Crippen molar-refractivity contribution in [3.8, 4) is 0 Å². The molecule has 0 aromatic carbocycles. The third kappa shape index (κ3) is 2.23. The van der Waals surface area contributed by atoms with Crippen molar-refractivity contribution in [2.45, 2.75) is 0 Å². The molecule has 1 rings (SSSR count). The van der Waals surface area contributed by atoms with Crippen molar-refractivity contribution < 1.29 is 24.3 Å². The van der Waals surface area contributed by atoms with Gasteiger partial charge in [-0.15, -0.1) is 0 Å². The van der Waals surface area contributed by atoms with Gasteiger partial charge < -0.3 is 19.5 Å². The SMILES string of the molecule is C[N+](C)(C)C[C@@H]1C(C(=O)O)[C@@H]1C(=O)[O-]. The number of carboxylic acids is 2. The summed E-state index contributed by atoms with van der Waals surface area (Å²) in [5.41, 5.74) is 0. The van der Waals surface area contributed by atoms with Crippen LogP contribution in [0, 0.1) is 17.8 Å². The van der Waals surface area contributed by atoms with Crippen LogP contribution in [-0.4, -0.2) is 49.2 Å². The van der Waals surface area contributed by atoms with Crippen molar-refractivity contribution in [1.29, 1.82) is 0 Å². The van der Waals surface area contributed by atoms with Crippen LogP contribution in [0.3, 0.4) is 0 Å². The Morgan fingerprint density at radius 1 is 1.29 bits per heavy atom. The lowest BCUT2D eigenvalue weighted by Crippen LogP contribution is -2.37. The number of carbonyl (C=O) groups excluding carboxylic acids is 1. The van der Waals surface area contributed by atoms with Gasteiger partial charge in [0.2, 0.25) is 0 Å². The Bertz CT molecular complexity index is 248. The van der Waals surface area contributed by atoms with Crippen LogP contribution in [0.2, 0.25) is 0 Å². The molecule has 1 aliphatic carbocycles. The van der Waals surface area contributed by atoms with E-state index in [1.807, 2.05) is 21.1 Å². The fourth-order valence-corrected chi connectivity index (χ4v) is 1.89. The van der Waals surface area contributed by atoms with E-state index in [2.05, 4.69) is 0 Å². The predicted molar refractivity (Wildman–Crippen MR) is 46.0 cm³/mol. The van der Waals surface area contributed by atoms with E-state index < -0.39 is 23.8 Å². The molecule has 0 radical (unpaired) electrons. The molecule has 80 valence electrons. The molecule has 0 aliphatic heterocycles. The summed E-state index contributed by atoms with van der Waals surface area (Å²) in [7, 11) is 5.72. The lowest BCUT2D eigenvalue weighted by Gasteiger charge is -2.24. The molecule has 1 N–H and O–H groups in total. The normalized spacial score (nSPS) is 31.2. The van der Waals surface area contributed by atoms with Gasteiger partial charge in [0.25, 0.3) is 0 Å². The third-order valence-electron chi connectivity index (χ3n) is 2.48. The molecule has 5 heteroatoms. The summed E-state index contributed by atoms with van der Waals surface area (Å²) in [5, 5.41) is 19.3. The van der Waals surface area contributed by atoms with Gasteiger partial charge in [0.15, 0.2) is 0 Å². The van der Waals surface area contributed by atoms with E-state index in [1.54, 1.807) is 0 Å². The topological polar surface area (TPSA) is 77.4 Å². The van der Waals surface area contributed by atoms with Crippen LogP contribution in [0.4, 0.5) is 0 Å². The van der Waals surface area contributed by atoms with Crippen molar-refractivity contribution in [2.75, 3.05) is 27.7 Å². The number of hydrogen-bond donors (Lipinski definition) is 1. The van der Waals surface area contributed by atoms with Gasteiger partial charge in [-0.3, -0.25) is 4.79 Å². The first-order chi connectivity index (χ1) is 6.24. The molecule has 0 aromatic heterocycles. The highest BCUT2D eigenvalue weighted by molar-refractivity contribution is 5.85. The highest BCUT2D eigenvalue weighted by Crippen LogP contribution is 2.46. The molecule has 0 aromatic rings. The van der Waals surface area contributed by atoms with Crippen molar-refractivity contribution in [1.82, 2.24) is 0 Å². The van der Waals surface area contributed by atoms with Gasteiger partial charge in [-0.2, -0.15) is 0 Å². The zero-order valence-electron chi connectivity index (χ0n) is 8.56. The van der Waals surface area contributed by atoms with Crippen LogP contribution < -0.4 is 5.11 Å². The molecule has 1 aliphatic rings. The fraction of sp³-hybridized carbons (Fsp3) is 0.778. The van der Waals surface area contributed by atoms with Crippen LogP contribution in [-0.2, 0) is 9.59 Å². The maximum absolute atomic E-state index is 10.7. The summed E-state index contributed by atoms with van der Waals surface area (Å²) < 4.78 is 0.568. The van der Waals surface area contributed by atoms with Crippen LogP contribution in [0.15, 0.2) is 0 Å². The van der Waals surface area contributed by atoms with E-state index in [-0.39, 0.29) is 5.92 Å². The number of nitrogens with zero attached hydrogens (tertiary/aromatic N) is 1. The van der Waals surface area contributed by atoms with Crippen molar-refractivity contribution in [3.05, 3.63) is 0 Å². The van der Waals surface area contributed by atoms with Gasteiger partial charge in [0.1, 0.15) is 0 Å². The Labute approximate surface area is 82.5 Å². The van der Waals surface area contributed by atoms with Crippen LogP contribution >= 0.6 is 0 Å². The van der Waals surface area contributed by atoms with E-state index in [1.165, 1.54) is 0 Å². The van der Waals surface area contributed by atoms with Gasteiger partial charge in [-0.1, -0.05) is 0 Å². The van der Waals surface area contributed by atoms with Crippen molar-refractivity contribution in [3.63, 3.8) is 0 Å². The van der Waals surface area contributed by atoms with Crippen LogP contribution in [0.1, 0.15) is 0 Å². The minimum atomic E-state index is -1.24. The molecule has 5 nitrogen and oxygen atoms in total. The average molecular weight is 201 g/mol. The van der Waals surface area contributed by atoms with Gasteiger partial charge >= 0.3 is 5.97 Å². The van der Waals surface area contributed by atoms with Crippen molar-refractivity contribution in [2.24, 2.45) is 17.8 Å². The van der Waals surface area contributed by atoms with Crippen molar-refractivity contribution >= 4 is 11.9 Å². The first-order valence-corrected chi connectivity index (χ1v) is 4.48. The molecule has 0 spiro atoms. The standard InChI is InChI=1S/C9H15NO4/c1-10(2,3)4-5-6(8(11)12)7(5)9(13)14/h5-7H,4H2,1-3H3,(H-,11,12,13,14)/t5-,6+,7?/m0/s1. The summed E-state index contributed by atoms with van der Waals surface area (Å²) in [6.45, 7) is 0.551. The first kappa shape index (κ1) is 11.0. The number of quaternary nitrogens is 1. The van der Waals surface area contributed by atoms with Gasteiger partial charge in [-0.05, 0) is 0 Å². The lowest BCUT2D eigenvalue weighted by atomic mass is 10.3. The summed E-state index contributed by atoms with van der Waals surface area (Å²) in [4.78, 5) is 21.3. The largest absolute Gasteiger partial charge is 0.550 e. The Kier molecular flexibility index (Phi) is 2.54. The zero-order valence-corrected chi connectivity index (χ0v) is 8.56. The Morgan fingerprint density at radius 2 is 1.79 bits per heavy atom. The molecular weight excluding hydrogens is 186 g/mol. The zero-order chi connectivity index (χ0) is 11.1. The van der Waals surface area contributed by atoms with E-state index in [0.29, 0.717) is 11.0 Å². The van der Waals surface area contributed by atoms with E-state index in [9.17, 15) is 14.7 Å². The summed E-state index contributed by atoms with van der Waals surface area (Å²) in [5.74, 6) is -4.10. The molecule has 3 atom stereocenters. The maximum Gasteiger partial charge on any atom is 0.307 e. The molecule has 1 saturated carbocycles. The number of aliphatic carboxylic acids is 2.